The maximum Gasteiger partial charge on any atom is 0.257 e. The first-order chi connectivity index (χ1) is 13.0. The molecule has 6 nitrogen and oxygen atoms in total. The van der Waals surface area contributed by atoms with E-state index in [4.69, 9.17) is 4.42 Å². The summed E-state index contributed by atoms with van der Waals surface area (Å²) in [6.07, 6.45) is 7.60. The number of carbonyl (C=O) groups is 2. The molecule has 1 aromatic rings. The molecule has 152 valence electrons. The molecular formula is C21H35N3O3. The van der Waals surface area contributed by atoms with Crippen LogP contribution in [0.2, 0.25) is 0 Å². The van der Waals surface area contributed by atoms with Crippen LogP contribution < -0.4 is 5.32 Å². The topological polar surface area (TPSA) is 65.8 Å². The summed E-state index contributed by atoms with van der Waals surface area (Å²) in [7, 11) is 0. The minimum atomic E-state index is -0.0602. The van der Waals surface area contributed by atoms with Gasteiger partial charge in [-0.1, -0.05) is 13.3 Å². The van der Waals surface area contributed by atoms with E-state index in [0.29, 0.717) is 43.4 Å². The minimum absolute atomic E-state index is 0.0134. The van der Waals surface area contributed by atoms with Crippen molar-refractivity contribution < 1.29 is 14.0 Å². The molecule has 0 spiro atoms. The van der Waals surface area contributed by atoms with Crippen LogP contribution in [-0.4, -0.2) is 60.4 Å². The van der Waals surface area contributed by atoms with Crippen LogP contribution in [-0.2, 0) is 4.79 Å². The van der Waals surface area contributed by atoms with Crippen LogP contribution in [0.15, 0.2) is 16.7 Å². The fraction of sp³-hybridized carbons (Fsp3) is 0.714. The highest BCUT2D eigenvalue weighted by Crippen LogP contribution is 2.16. The summed E-state index contributed by atoms with van der Waals surface area (Å²) in [5.74, 6) is 0.576. The van der Waals surface area contributed by atoms with Gasteiger partial charge in [0.2, 0.25) is 5.91 Å². The standard InChI is InChI=1S/C21H35N3O3/c1-4-12-24(21(26)19-10-16-27-18(19)3)15-9-20(25)22-11-7-14-23-13-6-5-8-17(23)2/h10,16-17H,4-9,11-15H2,1-3H3,(H,22,25). The van der Waals surface area contributed by atoms with Crippen molar-refractivity contribution in [3.63, 3.8) is 0 Å². The van der Waals surface area contributed by atoms with Crippen LogP contribution >= 0.6 is 0 Å². The summed E-state index contributed by atoms with van der Waals surface area (Å²) in [6, 6.07) is 2.36. The Balaban J connectivity index is 1.69. The molecule has 1 N–H and O–H groups in total. The van der Waals surface area contributed by atoms with Crippen LogP contribution in [0.1, 0.15) is 68.5 Å². The first-order valence-electron chi connectivity index (χ1n) is 10.4. The summed E-state index contributed by atoms with van der Waals surface area (Å²) in [6.45, 7) is 10.1. The molecule has 1 atom stereocenters. The number of nitrogens with zero attached hydrogens (tertiary/aromatic N) is 2. The van der Waals surface area contributed by atoms with Gasteiger partial charge in [0, 0.05) is 38.6 Å². The van der Waals surface area contributed by atoms with Gasteiger partial charge in [0.1, 0.15) is 5.76 Å². The monoisotopic (exact) mass is 377 g/mol. The molecule has 1 saturated heterocycles. The second-order valence-corrected chi connectivity index (χ2v) is 7.52. The second kappa shape index (κ2) is 11.1. The minimum Gasteiger partial charge on any atom is -0.469 e. The van der Waals surface area contributed by atoms with E-state index in [2.05, 4.69) is 17.1 Å². The van der Waals surface area contributed by atoms with Gasteiger partial charge in [-0.2, -0.15) is 0 Å². The van der Waals surface area contributed by atoms with Crippen LogP contribution in [0.25, 0.3) is 0 Å². The van der Waals surface area contributed by atoms with E-state index < -0.39 is 0 Å². The molecule has 27 heavy (non-hydrogen) atoms. The summed E-state index contributed by atoms with van der Waals surface area (Å²) in [4.78, 5) is 29.0. The highest BCUT2D eigenvalue weighted by molar-refractivity contribution is 5.95. The maximum atomic E-state index is 12.6. The average molecular weight is 378 g/mol. The molecule has 6 heteroatoms. The van der Waals surface area contributed by atoms with E-state index in [9.17, 15) is 9.59 Å². The van der Waals surface area contributed by atoms with Crippen molar-refractivity contribution in [3.05, 3.63) is 23.7 Å². The molecule has 2 rings (SSSR count). The Morgan fingerprint density at radius 3 is 2.81 bits per heavy atom. The first-order valence-corrected chi connectivity index (χ1v) is 10.4. The number of piperidine rings is 1. The van der Waals surface area contributed by atoms with E-state index in [0.717, 1.165) is 19.4 Å². The van der Waals surface area contributed by atoms with Gasteiger partial charge in [0.25, 0.3) is 5.91 Å². The quantitative estimate of drug-likeness (QED) is 0.636. The number of hydrogen-bond acceptors (Lipinski definition) is 4. The van der Waals surface area contributed by atoms with Crippen molar-refractivity contribution in [2.75, 3.05) is 32.7 Å². The lowest BCUT2D eigenvalue weighted by atomic mass is 10.0. The Bertz CT molecular complexity index is 599. The lowest BCUT2D eigenvalue weighted by molar-refractivity contribution is -0.121. The lowest BCUT2D eigenvalue weighted by Gasteiger charge is -2.33. The molecule has 1 aliphatic heterocycles. The molecule has 2 amide bonds. The van der Waals surface area contributed by atoms with Gasteiger partial charge >= 0.3 is 0 Å². The largest absolute Gasteiger partial charge is 0.469 e. The van der Waals surface area contributed by atoms with Crippen LogP contribution in [0.5, 0.6) is 0 Å². The van der Waals surface area contributed by atoms with Gasteiger partial charge in [-0.3, -0.25) is 9.59 Å². The van der Waals surface area contributed by atoms with Gasteiger partial charge < -0.3 is 19.5 Å². The van der Waals surface area contributed by atoms with E-state index in [1.54, 1.807) is 17.9 Å². The van der Waals surface area contributed by atoms with Gasteiger partial charge in [-0.25, -0.2) is 0 Å². The Morgan fingerprint density at radius 1 is 1.33 bits per heavy atom. The van der Waals surface area contributed by atoms with Crippen LogP contribution in [0.4, 0.5) is 0 Å². The SMILES string of the molecule is CCCN(CCC(=O)NCCCN1CCCCC1C)C(=O)c1ccoc1C. The number of nitrogens with one attached hydrogen (secondary N) is 1. The fourth-order valence-electron chi connectivity index (χ4n) is 3.69. The summed E-state index contributed by atoms with van der Waals surface area (Å²) >= 11 is 0. The number of amides is 2. The fourth-order valence-corrected chi connectivity index (χ4v) is 3.69. The van der Waals surface area contributed by atoms with Crippen LogP contribution in [0, 0.1) is 6.92 Å². The number of likely N-dealkylation sites (tertiary alicyclic amines) is 1. The van der Waals surface area contributed by atoms with Crippen molar-refractivity contribution >= 4 is 11.8 Å². The molecule has 1 unspecified atom stereocenters. The zero-order valence-corrected chi connectivity index (χ0v) is 17.1. The molecule has 1 fully saturated rings. The smallest absolute Gasteiger partial charge is 0.257 e. The van der Waals surface area contributed by atoms with Gasteiger partial charge in [-0.15, -0.1) is 0 Å². The highest BCUT2D eigenvalue weighted by Gasteiger charge is 2.20. The number of rotatable bonds is 10. The summed E-state index contributed by atoms with van der Waals surface area (Å²) < 4.78 is 5.23. The number of hydrogen-bond donors (Lipinski definition) is 1. The molecule has 0 bridgehead atoms. The molecule has 1 aliphatic rings. The Labute approximate surface area is 163 Å². The first kappa shape index (κ1) is 21.5. The van der Waals surface area contributed by atoms with Gasteiger partial charge in [0.05, 0.1) is 11.8 Å². The molecule has 0 aliphatic carbocycles. The van der Waals surface area contributed by atoms with E-state index in [1.165, 1.54) is 32.1 Å². The van der Waals surface area contributed by atoms with Crippen molar-refractivity contribution in [2.45, 2.75) is 65.3 Å². The zero-order valence-electron chi connectivity index (χ0n) is 17.1. The van der Waals surface area contributed by atoms with Crippen molar-refractivity contribution in [3.8, 4) is 0 Å². The third kappa shape index (κ3) is 6.69. The average Bonchev–Trinajstić information content (AvgIpc) is 3.09. The van der Waals surface area contributed by atoms with E-state index in [-0.39, 0.29) is 11.8 Å². The second-order valence-electron chi connectivity index (χ2n) is 7.52. The Kier molecular flexibility index (Phi) is 8.85. The lowest BCUT2D eigenvalue weighted by Crippen LogP contribution is -2.39. The van der Waals surface area contributed by atoms with E-state index >= 15 is 0 Å². The molecule has 0 saturated carbocycles. The number of aryl methyl sites for hydroxylation is 1. The molecule has 1 aromatic heterocycles. The molecule has 0 aromatic carbocycles. The maximum absolute atomic E-state index is 12.6. The summed E-state index contributed by atoms with van der Waals surface area (Å²) in [5, 5.41) is 3.00. The van der Waals surface area contributed by atoms with E-state index in [1.807, 2.05) is 6.92 Å². The van der Waals surface area contributed by atoms with Crippen molar-refractivity contribution in [1.29, 1.82) is 0 Å². The third-order valence-corrected chi connectivity index (χ3v) is 5.36. The molecular weight excluding hydrogens is 342 g/mol. The zero-order chi connectivity index (χ0) is 19.6. The molecule has 0 radical (unpaired) electrons. The van der Waals surface area contributed by atoms with Crippen molar-refractivity contribution in [2.24, 2.45) is 0 Å². The predicted octanol–water partition coefficient (Wildman–Crippen LogP) is 3.21. The highest BCUT2D eigenvalue weighted by atomic mass is 16.3. The predicted molar refractivity (Wildman–Crippen MR) is 107 cm³/mol. The van der Waals surface area contributed by atoms with Gasteiger partial charge in [0.15, 0.2) is 0 Å². The van der Waals surface area contributed by atoms with Crippen LogP contribution in [0.3, 0.4) is 0 Å². The number of furan rings is 1. The van der Waals surface area contributed by atoms with Crippen molar-refractivity contribution in [1.82, 2.24) is 15.1 Å². The molecule has 2 heterocycles. The Hall–Kier alpha value is -1.82. The normalized spacial score (nSPS) is 17.7. The van der Waals surface area contributed by atoms with Gasteiger partial charge in [-0.05, 0) is 52.1 Å². The third-order valence-electron chi connectivity index (χ3n) is 5.36. The Morgan fingerprint density at radius 2 is 2.15 bits per heavy atom. The number of carbonyl (C=O) groups excluding carboxylic acids is 2. The summed E-state index contributed by atoms with van der Waals surface area (Å²) in [5.41, 5.74) is 0.583.